The van der Waals surface area contributed by atoms with Crippen LogP contribution in [-0.2, 0) is 12.0 Å². The van der Waals surface area contributed by atoms with Crippen molar-refractivity contribution in [2.24, 2.45) is 4.99 Å². The number of aromatic nitrogens is 2. The van der Waals surface area contributed by atoms with E-state index in [0.717, 1.165) is 54.8 Å². The van der Waals surface area contributed by atoms with Crippen LogP contribution in [0.15, 0.2) is 29.3 Å². The molecule has 0 aliphatic heterocycles. The second-order valence-corrected chi connectivity index (χ2v) is 8.08. The smallest absolute Gasteiger partial charge is 0.191 e. The van der Waals surface area contributed by atoms with Gasteiger partial charge in [-0.2, -0.15) is 5.10 Å². The Bertz CT molecular complexity index is 842. The highest BCUT2D eigenvalue weighted by atomic mass is 16.5. The van der Waals surface area contributed by atoms with Gasteiger partial charge in [0.2, 0.25) is 0 Å². The first-order valence-electron chi connectivity index (χ1n) is 10.6. The second kappa shape index (κ2) is 10.9. The van der Waals surface area contributed by atoms with Crippen LogP contribution in [0, 0.1) is 13.8 Å². The van der Waals surface area contributed by atoms with Crippen LogP contribution in [0.25, 0.3) is 0 Å². The Kier molecular flexibility index (Phi) is 8.57. The van der Waals surface area contributed by atoms with Crippen LogP contribution in [-0.4, -0.2) is 49.6 Å². The fraction of sp³-hybridized carbons (Fsp3) is 0.565. The van der Waals surface area contributed by atoms with E-state index >= 15 is 0 Å². The molecular weight excluding hydrogens is 378 g/mol. The van der Waals surface area contributed by atoms with Crippen LogP contribution in [0.2, 0.25) is 0 Å². The zero-order chi connectivity index (χ0) is 22.1. The van der Waals surface area contributed by atoms with Gasteiger partial charge in [-0.3, -0.25) is 9.67 Å². The molecule has 0 atom stereocenters. The number of methoxy groups -OCH3 is 2. The number of guanidine groups is 1. The van der Waals surface area contributed by atoms with Gasteiger partial charge in [-0.25, -0.2) is 0 Å². The zero-order valence-corrected chi connectivity index (χ0v) is 19.5. The number of ether oxygens (including phenoxy) is 2. The number of aryl methyl sites for hydroxylation is 3. The standard InChI is InChI=1S/C23H37N5O2/c1-8-24-22(25-12-9-13-28-18(3)14-17(2)27-28)26-16-23(4,5)19-10-11-20(29-6)21(15-19)30-7/h10-11,14-15H,8-9,12-13,16H2,1-7H3,(H2,24,25,26). The summed E-state index contributed by atoms with van der Waals surface area (Å²) < 4.78 is 12.9. The van der Waals surface area contributed by atoms with Crippen molar-refractivity contribution in [1.82, 2.24) is 20.4 Å². The minimum atomic E-state index is -0.147. The fourth-order valence-electron chi connectivity index (χ4n) is 3.30. The van der Waals surface area contributed by atoms with Gasteiger partial charge in [0, 0.05) is 30.7 Å². The van der Waals surface area contributed by atoms with Gasteiger partial charge in [0.1, 0.15) is 0 Å². The summed E-state index contributed by atoms with van der Waals surface area (Å²) in [5.41, 5.74) is 3.27. The topological polar surface area (TPSA) is 72.7 Å². The molecule has 30 heavy (non-hydrogen) atoms. The quantitative estimate of drug-likeness (QED) is 0.353. The van der Waals surface area contributed by atoms with Crippen molar-refractivity contribution >= 4 is 5.96 Å². The molecule has 0 amide bonds. The van der Waals surface area contributed by atoms with E-state index in [2.05, 4.69) is 60.2 Å². The van der Waals surface area contributed by atoms with Crippen LogP contribution in [0.5, 0.6) is 11.5 Å². The van der Waals surface area contributed by atoms with E-state index in [4.69, 9.17) is 14.5 Å². The van der Waals surface area contributed by atoms with Crippen LogP contribution in [0.1, 0.15) is 44.1 Å². The van der Waals surface area contributed by atoms with Crippen LogP contribution < -0.4 is 20.1 Å². The largest absolute Gasteiger partial charge is 0.493 e. The van der Waals surface area contributed by atoms with Gasteiger partial charge < -0.3 is 20.1 Å². The molecule has 0 saturated carbocycles. The molecule has 1 heterocycles. The van der Waals surface area contributed by atoms with Crippen LogP contribution >= 0.6 is 0 Å². The Morgan fingerprint density at radius 1 is 1.10 bits per heavy atom. The average molecular weight is 416 g/mol. The monoisotopic (exact) mass is 415 g/mol. The van der Waals surface area contributed by atoms with Crippen molar-refractivity contribution in [3.05, 3.63) is 41.2 Å². The van der Waals surface area contributed by atoms with Gasteiger partial charge in [-0.05, 0) is 51.0 Å². The summed E-state index contributed by atoms with van der Waals surface area (Å²) in [7, 11) is 3.31. The first-order chi connectivity index (χ1) is 14.3. The predicted octanol–water partition coefficient (Wildman–Crippen LogP) is 3.44. The molecule has 0 radical (unpaired) electrons. The molecule has 2 rings (SSSR count). The van der Waals surface area contributed by atoms with Crippen LogP contribution in [0.4, 0.5) is 0 Å². The van der Waals surface area contributed by atoms with Crippen molar-refractivity contribution in [3.8, 4) is 11.5 Å². The number of rotatable bonds is 10. The summed E-state index contributed by atoms with van der Waals surface area (Å²) in [6, 6.07) is 8.16. The van der Waals surface area contributed by atoms with Gasteiger partial charge in [0.25, 0.3) is 0 Å². The number of benzene rings is 1. The highest BCUT2D eigenvalue weighted by molar-refractivity contribution is 5.79. The minimum absolute atomic E-state index is 0.147. The third-order valence-electron chi connectivity index (χ3n) is 5.08. The molecule has 0 bridgehead atoms. The molecular formula is C23H37N5O2. The normalized spacial score (nSPS) is 12.0. The van der Waals surface area contributed by atoms with E-state index < -0.39 is 0 Å². The molecule has 0 saturated heterocycles. The van der Waals surface area contributed by atoms with E-state index in [0.29, 0.717) is 6.54 Å². The Morgan fingerprint density at radius 3 is 2.43 bits per heavy atom. The van der Waals surface area contributed by atoms with Crippen molar-refractivity contribution in [3.63, 3.8) is 0 Å². The van der Waals surface area contributed by atoms with Crippen LogP contribution in [0.3, 0.4) is 0 Å². The Hall–Kier alpha value is -2.70. The third kappa shape index (κ3) is 6.40. The average Bonchev–Trinajstić information content (AvgIpc) is 3.05. The predicted molar refractivity (Wildman–Crippen MR) is 123 cm³/mol. The van der Waals surface area contributed by atoms with E-state index in [1.165, 1.54) is 5.69 Å². The van der Waals surface area contributed by atoms with Crippen molar-refractivity contribution < 1.29 is 9.47 Å². The highest BCUT2D eigenvalue weighted by Gasteiger charge is 2.22. The fourth-order valence-corrected chi connectivity index (χ4v) is 3.30. The molecule has 0 aliphatic carbocycles. The minimum Gasteiger partial charge on any atom is -0.493 e. The lowest BCUT2D eigenvalue weighted by molar-refractivity contribution is 0.353. The molecule has 166 valence electrons. The first-order valence-corrected chi connectivity index (χ1v) is 10.6. The lowest BCUT2D eigenvalue weighted by Gasteiger charge is -2.25. The number of aliphatic imine (C=N–C) groups is 1. The summed E-state index contributed by atoms with van der Waals surface area (Å²) in [4.78, 5) is 4.83. The summed E-state index contributed by atoms with van der Waals surface area (Å²) in [5, 5.41) is 11.3. The van der Waals surface area contributed by atoms with Gasteiger partial charge in [0.15, 0.2) is 17.5 Å². The molecule has 0 fully saturated rings. The van der Waals surface area contributed by atoms with E-state index in [9.17, 15) is 0 Å². The molecule has 0 spiro atoms. The van der Waals surface area contributed by atoms with Gasteiger partial charge in [-0.15, -0.1) is 0 Å². The summed E-state index contributed by atoms with van der Waals surface area (Å²) in [5.74, 6) is 2.30. The van der Waals surface area contributed by atoms with Gasteiger partial charge in [0.05, 0.1) is 26.5 Å². The molecule has 1 aromatic heterocycles. The summed E-state index contributed by atoms with van der Waals surface area (Å²) in [6.07, 6.45) is 0.978. The van der Waals surface area contributed by atoms with Crippen molar-refractivity contribution in [1.29, 1.82) is 0 Å². The maximum atomic E-state index is 5.46. The van der Waals surface area contributed by atoms with E-state index in [1.807, 2.05) is 19.1 Å². The third-order valence-corrected chi connectivity index (χ3v) is 5.08. The zero-order valence-electron chi connectivity index (χ0n) is 19.5. The highest BCUT2D eigenvalue weighted by Crippen LogP contribution is 2.33. The summed E-state index contributed by atoms with van der Waals surface area (Å²) >= 11 is 0. The van der Waals surface area contributed by atoms with Crippen molar-refractivity contribution in [2.75, 3.05) is 33.9 Å². The Morgan fingerprint density at radius 2 is 1.83 bits per heavy atom. The SMILES string of the molecule is CCNC(=NCC(C)(C)c1ccc(OC)c(OC)c1)NCCCn1nc(C)cc1C. The maximum Gasteiger partial charge on any atom is 0.191 e. The molecule has 0 unspecified atom stereocenters. The Labute approximate surface area is 180 Å². The number of nitrogens with zero attached hydrogens (tertiary/aromatic N) is 3. The van der Waals surface area contributed by atoms with E-state index in [1.54, 1.807) is 14.2 Å². The molecule has 2 aromatic rings. The maximum absolute atomic E-state index is 5.46. The lowest BCUT2D eigenvalue weighted by atomic mass is 9.84. The molecule has 2 N–H and O–H groups in total. The number of nitrogens with one attached hydrogen (secondary N) is 2. The van der Waals surface area contributed by atoms with E-state index in [-0.39, 0.29) is 5.41 Å². The second-order valence-electron chi connectivity index (χ2n) is 8.08. The number of hydrogen-bond donors (Lipinski definition) is 2. The van der Waals surface area contributed by atoms with Gasteiger partial charge >= 0.3 is 0 Å². The first kappa shape index (κ1) is 23.6. The van der Waals surface area contributed by atoms with Crippen molar-refractivity contribution in [2.45, 2.75) is 53.0 Å². The molecule has 7 heteroatoms. The number of hydrogen-bond acceptors (Lipinski definition) is 4. The summed E-state index contributed by atoms with van der Waals surface area (Å²) in [6.45, 7) is 13.8. The molecule has 1 aromatic carbocycles. The lowest BCUT2D eigenvalue weighted by Crippen LogP contribution is -2.39. The molecule has 0 aliphatic rings. The van der Waals surface area contributed by atoms with Gasteiger partial charge in [-0.1, -0.05) is 19.9 Å². The molecule has 7 nitrogen and oxygen atoms in total. The Balaban J connectivity index is 1.97.